The minimum Gasteiger partial charge on any atom is -0.493 e. The standard InChI is InChI=1S/C19H18N4O3/c1-22-9-7-12-10-13(5-6-15(12)22)20-17-14(11-24)19(25)23-8-3-4-16(26-2)18(23)21-17/h3-10,20,24H,11H2,1-2H3. The van der Waals surface area contributed by atoms with Gasteiger partial charge >= 0.3 is 0 Å². The van der Waals surface area contributed by atoms with Crippen LogP contribution in [0.25, 0.3) is 16.6 Å². The van der Waals surface area contributed by atoms with Gasteiger partial charge in [-0.25, -0.2) is 4.98 Å². The number of methoxy groups -OCH3 is 1. The number of aliphatic hydroxyl groups is 1. The number of aryl methyl sites for hydroxylation is 1. The number of benzene rings is 1. The Morgan fingerprint density at radius 1 is 1.23 bits per heavy atom. The van der Waals surface area contributed by atoms with Gasteiger partial charge < -0.3 is 19.7 Å². The smallest absolute Gasteiger partial charge is 0.265 e. The van der Waals surface area contributed by atoms with E-state index < -0.39 is 6.61 Å². The number of fused-ring (bicyclic) bond motifs is 2. The molecule has 3 heterocycles. The van der Waals surface area contributed by atoms with Crippen molar-refractivity contribution in [1.82, 2.24) is 14.0 Å². The van der Waals surface area contributed by atoms with Gasteiger partial charge in [-0.05, 0) is 36.4 Å². The summed E-state index contributed by atoms with van der Waals surface area (Å²) in [5, 5.41) is 13.9. The van der Waals surface area contributed by atoms with E-state index in [9.17, 15) is 9.90 Å². The normalized spacial score (nSPS) is 11.2. The van der Waals surface area contributed by atoms with Gasteiger partial charge in [-0.1, -0.05) is 0 Å². The molecule has 0 fully saturated rings. The fourth-order valence-corrected chi connectivity index (χ4v) is 3.07. The molecule has 0 radical (unpaired) electrons. The predicted octanol–water partition coefficient (Wildman–Crippen LogP) is 2.43. The van der Waals surface area contributed by atoms with Crippen molar-refractivity contribution in [1.29, 1.82) is 0 Å². The molecular formula is C19H18N4O3. The third kappa shape index (κ3) is 2.49. The molecule has 4 aromatic rings. The molecule has 0 unspecified atom stereocenters. The Morgan fingerprint density at radius 2 is 2.08 bits per heavy atom. The molecule has 0 aliphatic rings. The minimum atomic E-state index is -0.415. The quantitative estimate of drug-likeness (QED) is 0.591. The van der Waals surface area contributed by atoms with Crippen LogP contribution >= 0.6 is 0 Å². The Balaban J connectivity index is 1.87. The molecule has 0 aliphatic heterocycles. The molecule has 0 amide bonds. The lowest BCUT2D eigenvalue weighted by molar-refractivity contribution is 0.280. The van der Waals surface area contributed by atoms with Crippen molar-refractivity contribution in [3.8, 4) is 5.75 Å². The second-order valence-electron chi connectivity index (χ2n) is 6.00. The average Bonchev–Trinajstić information content (AvgIpc) is 3.02. The Hall–Kier alpha value is -3.32. The van der Waals surface area contributed by atoms with Gasteiger partial charge in [0.15, 0.2) is 11.4 Å². The number of anilines is 2. The van der Waals surface area contributed by atoms with E-state index in [2.05, 4.69) is 10.3 Å². The molecule has 7 nitrogen and oxygen atoms in total. The summed E-state index contributed by atoms with van der Waals surface area (Å²) in [5.74, 6) is 0.799. The molecule has 7 heteroatoms. The lowest BCUT2D eigenvalue weighted by Crippen LogP contribution is -2.22. The van der Waals surface area contributed by atoms with Crippen molar-refractivity contribution in [2.24, 2.45) is 7.05 Å². The van der Waals surface area contributed by atoms with E-state index >= 15 is 0 Å². The number of rotatable bonds is 4. The van der Waals surface area contributed by atoms with E-state index in [1.54, 1.807) is 18.3 Å². The first-order chi connectivity index (χ1) is 12.6. The van der Waals surface area contributed by atoms with Gasteiger partial charge in [-0.15, -0.1) is 0 Å². The van der Waals surface area contributed by atoms with Gasteiger partial charge in [-0.2, -0.15) is 0 Å². The molecule has 3 aromatic heterocycles. The van der Waals surface area contributed by atoms with Crippen molar-refractivity contribution in [2.45, 2.75) is 6.61 Å². The van der Waals surface area contributed by atoms with Gasteiger partial charge in [-0.3, -0.25) is 9.20 Å². The van der Waals surface area contributed by atoms with Crippen LogP contribution in [0.5, 0.6) is 5.75 Å². The van der Waals surface area contributed by atoms with E-state index in [-0.39, 0.29) is 11.1 Å². The number of hydrogen-bond acceptors (Lipinski definition) is 5. The van der Waals surface area contributed by atoms with Crippen molar-refractivity contribution in [3.63, 3.8) is 0 Å². The number of aromatic nitrogens is 3. The Kier molecular flexibility index (Phi) is 3.85. The number of pyridine rings is 1. The number of aliphatic hydroxyl groups excluding tert-OH is 1. The van der Waals surface area contributed by atoms with Gasteiger partial charge in [0.25, 0.3) is 5.56 Å². The number of nitrogens with zero attached hydrogens (tertiary/aromatic N) is 3. The van der Waals surface area contributed by atoms with Crippen LogP contribution in [-0.2, 0) is 13.7 Å². The summed E-state index contributed by atoms with van der Waals surface area (Å²) in [5.41, 5.74) is 2.14. The highest BCUT2D eigenvalue weighted by Gasteiger charge is 2.15. The van der Waals surface area contributed by atoms with Crippen LogP contribution in [0, 0.1) is 0 Å². The van der Waals surface area contributed by atoms with Crippen molar-refractivity contribution in [3.05, 3.63) is 64.7 Å². The van der Waals surface area contributed by atoms with Gasteiger partial charge in [0.1, 0.15) is 5.82 Å². The molecule has 0 saturated carbocycles. The summed E-state index contributed by atoms with van der Waals surface area (Å²) in [6, 6.07) is 11.3. The Morgan fingerprint density at radius 3 is 2.85 bits per heavy atom. The first-order valence-corrected chi connectivity index (χ1v) is 8.13. The predicted molar refractivity (Wildman–Crippen MR) is 100 cm³/mol. The molecule has 0 atom stereocenters. The SMILES string of the molecule is COc1cccn2c(=O)c(CO)c(Nc3ccc4c(ccn4C)c3)nc12. The zero-order valence-electron chi connectivity index (χ0n) is 14.4. The topological polar surface area (TPSA) is 80.8 Å². The Labute approximate surface area is 149 Å². The third-order valence-electron chi connectivity index (χ3n) is 4.44. The highest BCUT2D eigenvalue weighted by molar-refractivity contribution is 5.84. The van der Waals surface area contributed by atoms with Crippen molar-refractivity contribution >= 4 is 28.1 Å². The second-order valence-corrected chi connectivity index (χ2v) is 6.00. The van der Waals surface area contributed by atoms with E-state index in [1.165, 1.54) is 11.5 Å². The van der Waals surface area contributed by atoms with Gasteiger partial charge in [0, 0.05) is 36.0 Å². The number of hydrogen-bond donors (Lipinski definition) is 2. The fraction of sp³-hybridized carbons (Fsp3) is 0.158. The fourth-order valence-electron chi connectivity index (χ4n) is 3.07. The van der Waals surface area contributed by atoms with Crippen molar-refractivity contribution < 1.29 is 9.84 Å². The summed E-state index contributed by atoms with van der Waals surface area (Å²) >= 11 is 0. The summed E-state index contributed by atoms with van der Waals surface area (Å²) in [6.07, 6.45) is 3.59. The number of ether oxygens (including phenoxy) is 1. The Bertz CT molecular complexity index is 1180. The maximum atomic E-state index is 12.7. The average molecular weight is 350 g/mol. The van der Waals surface area contributed by atoms with Gasteiger partial charge in [0.2, 0.25) is 0 Å². The molecule has 0 bridgehead atoms. The zero-order chi connectivity index (χ0) is 18.3. The zero-order valence-corrected chi connectivity index (χ0v) is 14.4. The van der Waals surface area contributed by atoms with Crippen LogP contribution in [-0.4, -0.2) is 26.2 Å². The molecule has 4 rings (SSSR count). The number of nitrogens with one attached hydrogen (secondary N) is 1. The highest BCUT2D eigenvalue weighted by atomic mass is 16.5. The largest absolute Gasteiger partial charge is 0.493 e. The van der Waals surface area contributed by atoms with Crippen molar-refractivity contribution in [2.75, 3.05) is 12.4 Å². The molecule has 132 valence electrons. The molecule has 0 saturated heterocycles. The van der Waals surface area contributed by atoms with E-state index in [1.807, 2.05) is 42.1 Å². The maximum absolute atomic E-state index is 12.7. The molecule has 2 N–H and O–H groups in total. The molecule has 0 aliphatic carbocycles. The van der Waals surface area contributed by atoms with E-state index in [4.69, 9.17) is 4.74 Å². The van der Waals surface area contributed by atoms with E-state index in [0.29, 0.717) is 17.2 Å². The third-order valence-corrected chi connectivity index (χ3v) is 4.44. The van der Waals surface area contributed by atoms with Crippen LogP contribution in [0.2, 0.25) is 0 Å². The minimum absolute atomic E-state index is 0.198. The van der Waals surface area contributed by atoms with Gasteiger partial charge in [0.05, 0.1) is 19.3 Å². The first-order valence-electron chi connectivity index (χ1n) is 8.13. The molecule has 1 aromatic carbocycles. The highest BCUT2D eigenvalue weighted by Crippen LogP contribution is 2.25. The molecule has 0 spiro atoms. The molecule has 26 heavy (non-hydrogen) atoms. The van der Waals surface area contributed by atoms with Crippen LogP contribution in [0.1, 0.15) is 5.56 Å². The van der Waals surface area contributed by atoms with E-state index in [0.717, 1.165) is 16.6 Å². The second kappa shape index (κ2) is 6.20. The summed E-state index contributed by atoms with van der Waals surface area (Å²) in [7, 11) is 3.51. The van der Waals surface area contributed by atoms with Crippen LogP contribution in [0.3, 0.4) is 0 Å². The molecular weight excluding hydrogens is 332 g/mol. The van der Waals surface area contributed by atoms with Crippen LogP contribution < -0.4 is 15.6 Å². The lowest BCUT2D eigenvalue weighted by Gasteiger charge is -2.13. The summed E-state index contributed by atoms with van der Waals surface area (Å²) in [4.78, 5) is 17.2. The van der Waals surface area contributed by atoms with Crippen LogP contribution in [0.15, 0.2) is 53.6 Å². The first kappa shape index (κ1) is 16.2. The lowest BCUT2D eigenvalue weighted by atomic mass is 10.2. The summed E-state index contributed by atoms with van der Waals surface area (Å²) < 4.78 is 8.71. The summed E-state index contributed by atoms with van der Waals surface area (Å²) in [6.45, 7) is -0.415. The van der Waals surface area contributed by atoms with Crippen LogP contribution in [0.4, 0.5) is 11.5 Å². The monoisotopic (exact) mass is 350 g/mol. The maximum Gasteiger partial charge on any atom is 0.265 e.